The number of fused-ring (bicyclic) bond motifs is 1. The zero-order valence-corrected chi connectivity index (χ0v) is 17.1. The number of aromatic nitrogens is 1. The summed E-state index contributed by atoms with van der Waals surface area (Å²) in [5.41, 5.74) is 2.84. The van der Waals surface area contributed by atoms with E-state index in [4.69, 9.17) is 9.47 Å². The molecule has 3 rings (SSSR count). The summed E-state index contributed by atoms with van der Waals surface area (Å²) in [5, 5.41) is 1.15. The van der Waals surface area contributed by atoms with Gasteiger partial charge in [0.05, 0.1) is 7.11 Å². The Morgan fingerprint density at radius 3 is 2.73 bits per heavy atom. The molecule has 0 radical (unpaired) electrons. The molecule has 0 atom stereocenters. The molecule has 3 aromatic rings. The molecule has 0 fully saturated rings. The standard InChI is InChI=1S/C23H25FN2O4/c1-26(14-16-10-11-21(29-2)19(24)12-16)22(27)15-30-23(28)9-5-6-17-13-25-20-8-4-3-7-18(17)20/h3-4,7-8,10-13,25H,5-6,9,14-15H2,1-2H3. The number of methoxy groups -OCH3 is 1. The molecule has 2 aromatic carbocycles. The first-order valence-corrected chi connectivity index (χ1v) is 9.75. The number of para-hydroxylation sites is 1. The first-order chi connectivity index (χ1) is 14.5. The Balaban J connectivity index is 1.40. The van der Waals surface area contributed by atoms with E-state index in [1.165, 1.54) is 24.1 Å². The SMILES string of the molecule is COc1ccc(CN(C)C(=O)COC(=O)CCCc2c[nH]c3ccccc23)cc1F. The highest BCUT2D eigenvalue weighted by Gasteiger charge is 2.14. The summed E-state index contributed by atoms with van der Waals surface area (Å²) in [6.45, 7) is -0.126. The Labute approximate surface area is 174 Å². The van der Waals surface area contributed by atoms with Gasteiger partial charge in [-0.25, -0.2) is 4.39 Å². The molecule has 1 N–H and O–H groups in total. The van der Waals surface area contributed by atoms with Gasteiger partial charge in [0.15, 0.2) is 18.2 Å². The number of nitrogens with one attached hydrogen (secondary N) is 1. The summed E-state index contributed by atoms with van der Waals surface area (Å²) in [4.78, 5) is 28.8. The maximum atomic E-state index is 13.8. The number of carbonyl (C=O) groups is 2. The Morgan fingerprint density at radius 2 is 1.97 bits per heavy atom. The normalized spacial score (nSPS) is 10.8. The lowest BCUT2D eigenvalue weighted by molar-refractivity contribution is -0.151. The first-order valence-electron chi connectivity index (χ1n) is 9.75. The highest BCUT2D eigenvalue weighted by Crippen LogP contribution is 2.20. The topological polar surface area (TPSA) is 71.6 Å². The largest absolute Gasteiger partial charge is 0.494 e. The molecule has 0 bridgehead atoms. The van der Waals surface area contributed by atoms with Crippen LogP contribution in [0.1, 0.15) is 24.0 Å². The number of hydrogen-bond donors (Lipinski definition) is 1. The minimum atomic E-state index is -0.488. The number of aromatic amines is 1. The molecule has 0 saturated carbocycles. The van der Waals surface area contributed by atoms with Crippen molar-refractivity contribution in [1.82, 2.24) is 9.88 Å². The predicted molar refractivity (Wildman–Crippen MR) is 112 cm³/mol. The quantitative estimate of drug-likeness (QED) is 0.542. The smallest absolute Gasteiger partial charge is 0.306 e. The third kappa shape index (κ3) is 5.37. The highest BCUT2D eigenvalue weighted by molar-refractivity contribution is 5.83. The van der Waals surface area contributed by atoms with Gasteiger partial charge in [0.25, 0.3) is 5.91 Å². The predicted octanol–water partition coefficient (Wildman–Crippen LogP) is 3.84. The van der Waals surface area contributed by atoms with E-state index in [1.807, 2.05) is 30.5 Å². The lowest BCUT2D eigenvalue weighted by Gasteiger charge is -2.17. The van der Waals surface area contributed by atoms with Gasteiger partial charge in [-0.1, -0.05) is 24.3 Å². The molecular formula is C23H25FN2O4. The molecule has 0 spiro atoms. The van der Waals surface area contributed by atoms with Crippen molar-refractivity contribution in [1.29, 1.82) is 0 Å². The van der Waals surface area contributed by atoms with Gasteiger partial charge in [-0.05, 0) is 42.2 Å². The van der Waals surface area contributed by atoms with E-state index >= 15 is 0 Å². The number of carbonyl (C=O) groups excluding carboxylic acids is 2. The van der Waals surface area contributed by atoms with Crippen LogP contribution < -0.4 is 4.74 Å². The third-order valence-corrected chi connectivity index (χ3v) is 4.92. The fourth-order valence-electron chi connectivity index (χ4n) is 3.26. The number of likely N-dealkylation sites (N-methyl/N-ethyl adjacent to an activating group) is 1. The van der Waals surface area contributed by atoms with E-state index in [1.54, 1.807) is 13.1 Å². The van der Waals surface area contributed by atoms with Gasteiger partial charge in [-0.3, -0.25) is 9.59 Å². The summed E-state index contributed by atoms with van der Waals surface area (Å²) in [5.74, 6) is -1.10. The number of ether oxygens (including phenoxy) is 2. The van der Waals surface area contributed by atoms with E-state index in [-0.39, 0.29) is 31.2 Å². The molecule has 0 aliphatic rings. The van der Waals surface area contributed by atoms with Crippen molar-refractivity contribution in [2.45, 2.75) is 25.8 Å². The second kappa shape index (κ2) is 9.91. The van der Waals surface area contributed by atoms with E-state index in [0.717, 1.165) is 22.9 Å². The van der Waals surface area contributed by atoms with Crippen LogP contribution in [0.3, 0.4) is 0 Å². The molecule has 158 valence electrons. The van der Waals surface area contributed by atoms with Gasteiger partial charge in [0, 0.05) is 37.1 Å². The highest BCUT2D eigenvalue weighted by atomic mass is 19.1. The van der Waals surface area contributed by atoms with Crippen molar-refractivity contribution >= 4 is 22.8 Å². The Morgan fingerprint density at radius 1 is 1.17 bits per heavy atom. The lowest BCUT2D eigenvalue weighted by Crippen LogP contribution is -2.30. The molecule has 30 heavy (non-hydrogen) atoms. The minimum absolute atomic E-state index is 0.147. The Bertz CT molecular complexity index is 1030. The van der Waals surface area contributed by atoms with Crippen LogP contribution in [0.25, 0.3) is 10.9 Å². The molecular weight excluding hydrogens is 387 g/mol. The number of amides is 1. The third-order valence-electron chi connectivity index (χ3n) is 4.92. The van der Waals surface area contributed by atoms with Crippen molar-refractivity contribution in [3.63, 3.8) is 0 Å². The zero-order chi connectivity index (χ0) is 21.5. The number of esters is 1. The maximum absolute atomic E-state index is 13.8. The van der Waals surface area contributed by atoms with E-state index < -0.39 is 11.8 Å². The van der Waals surface area contributed by atoms with Crippen molar-refractivity contribution in [3.8, 4) is 5.75 Å². The van der Waals surface area contributed by atoms with Crippen LogP contribution in [0, 0.1) is 5.82 Å². The summed E-state index contributed by atoms with van der Waals surface area (Å²) in [6, 6.07) is 12.5. The van der Waals surface area contributed by atoms with E-state index in [9.17, 15) is 14.0 Å². The van der Waals surface area contributed by atoms with Crippen molar-refractivity contribution in [2.75, 3.05) is 20.8 Å². The second-order valence-corrected chi connectivity index (χ2v) is 7.09. The number of rotatable bonds is 9. The molecule has 0 aliphatic heterocycles. The van der Waals surface area contributed by atoms with Crippen LogP contribution in [0.5, 0.6) is 5.75 Å². The maximum Gasteiger partial charge on any atom is 0.306 e. The van der Waals surface area contributed by atoms with Gasteiger partial charge < -0.3 is 19.4 Å². The lowest BCUT2D eigenvalue weighted by atomic mass is 10.1. The average molecular weight is 412 g/mol. The number of H-pyrrole nitrogens is 1. The van der Waals surface area contributed by atoms with Gasteiger partial charge in [-0.15, -0.1) is 0 Å². The molecule has 0 saturated heterocycles. The summed E-state index contributed by atoms with van der Waals surface area (Å²) >= 11 is 0. The van der Waals surface area contributed by atoms with Crippen molar-refractivity contribution < 1.29 is 23.5 Å². The molecule has 0 aliphatic carbocycles. The van der Waals surface area contributed by atoms with Crippen LogP contribution in [0.4, 0.5) is 4.39 Å². The molecule has 6 nitrogen and oxygen atoms in total. The molecule has 0 unspecified atom stereocenters. The van der Waals surface area contributed by atoms with Crippen LogP contribution in [-0.2, 0) is 27.3 Å². The second-order valence-electron chi connectivity index (χ2n) is 7.09. The summed E-state index contributed by atoms with van der Waals surface area (Å²) in [6.07, 6.45) is 3.57. The van der Waals surface area contributed by atoms with Crippen molar-refractivity contribution in [3.05, 3.63) is 65.6 Å². The van der Waals surface area contributed by atoms with Crippen LogP contribution >= 0.6 is 0 Å². The number of nitrogens with zero attached hydrogens (tertiary/aromatic N) is 1. The van der Waals surface area contributed by atoms with Crippen LogP contribution in [0.15, 0.2) is 48.7 Å². The average Bonchev–Trinajstić information content (AvgIpc) is 3.15. The molecule has 7 heteroatoms. The van der Waals surface area contributed by atoms with Crippen molar-refractivity contribution in [2.24, 2.45) is 0 Å². The Hall–Kier alpha value is -3.35. The number of aryl methyl sites for hydroxylation is 1. The molecule has 1 aromatic heterocycles. The Kier molecular flexibility index (Phi) is 7.06. The summed E-state index contributed by atoms with van der Waals surface area (Å²) < 4.78 is 23.7. The minimum Gasteiger partial charge on any atom is -0.494 e. The molecule has 1 amide bonds. The van der Waals surface area contributed by atoms with Gasteiger partial charge in [0.1, 0.15) is 0 Å². The number of hydrogen-bond acceptors (Lipinski definition) is 4. The van der Waals surface area contributed by atoms with Crippen LogP contribution in [0.2, 0.25) is 0 Å². The van der Waals surface area contributed by atoms with E-state index in [2.05, 4.69) is 4.98 Å². The zero-order valence-electron chi connectivity index (χ0n) is 17.1. The fraction of sp³-hybridized carbons (Fsp3) is 0.304. The van der Waals surface area contributed by atoms with Gasteiger partial charge >= 0.3 is 5.97 Å². The van der Waals surface area contributed by atoms with Gasteiger partial charge in [-0.2, -0.15) is 0 Å². The first kappa shape index (κ1) is 21.4. The van der Waals surface area contributed by atoms with Gasteiger partial charge in [0.2, 0.25) is 0 Å². The molecule has 1 heterocycles. The number of halogens is 1. The van der Waals surface area contributed by atoms with Crippen LogP contribution in [-0.4, -0.2) is 42.5 Å². The monoisotopic (exact) mass is 412 g/mol. The number of benzene rings is 2. The van der Waals surface area contributed by atoms with E-state index in [0.29, 0.717) is 12.0 Å². The fourth-order valence-corrected chi connectivity index (χ4v) is 3.26. The summed E-state index contributed by atoms with van der Waals surface area (Å²) in [7, 11) is 2.97.